The van der Waals surface area contributed by atoms with E-state index in [0.29, 0.717) is 10.0 Å². The number of rotatable bonds is 8. The molecule has 0 fully saturated rings. The quantitative estimate of drug-likeness (QED) is 0.723. The van der Waals surface area contributed by atoms with E-state index in [1.807, 2.05) is 0 Å². The van der Waals surface area contributed by atoms with E-state index in [1.54, 1.807) is 19.9 Å². The van der Waals surface area contributed by atoms with Crippen molar-refractivity contribution in [2.24, 2.45) is 5.92 Å². The van der Waals surface area contributed by atoms with Gasteiger partial charge in [0.05, 0.1) is 11.6 Å². The maximum absolute atomic E-state index is 12.4. The first-order valence-corrected chi connectivity index (χ1v) is 7.33. The molecule has 0 bridgehead atoms. The molecule has 5 nitrogen and oxygen atoms in total. The van der Waals surface area contributed by atoms with E-state index in [0.717, 1.165) is 0 Å². The number of hydrogen-bond donors (Lipinski definition) is 2. The van der Waals surface area contributed by atoms with Crippen LogP contribution in [0.3, 0.4) is 0 Å². The minimum atomic E-state index is -2.97. The highest BCUT2D eigenvalue weighted by Gasteiger charge is 2.21. The molecule has 1 aromatic rings. The maximum atomic E-state index is 12.4. The van der Waals surface area contributed by atoms with Gasteiger partial charge < -0.3 is 19.9 Å². The highest BCUT2D eigenvalue weighted by molar-refractivity contribution is 9.10. The monoisotopic (exact) mass is 381 g/mol. The smallest absolute Gasteiger partial charge is 0.387 e. The summed E-state index contributed by atoms with van der Waals surface area (Å²) in [5.41, 5.74) is 0.678. The van der Waals surface area contributed by atoms with Gasteiger partial charge in [-0.3, -0.25) is 4.79 Å². The predicted molar refractivity (Wildman–Crippen MR) is 80.4 cm³/mol. The van der Waals surface area contributed by atoms with Crippen molar-refractivity contribution in [3.8, 4) is 11.5 Å². The van der Waals surface area contributed by atoms with Crippen molar-refractivity contribution in [2.75, 3.05) is 7.11 Å². The zero-order valence-corrected chi connectivity index (χ0v) is 14.0. The van der Waals surface area contributed by atoms with Gasteiger partial charge in [0.15, 0.2) is 11.5 Å². The number of carboxylic acids is 1. The van der Waals surface area contributed by atoms with Crippen LogP contribution < -0.4 is 14.8 Å². The molecule has 0 unspecified atom stereocenters. The van der Waals surface area contributed by atoms with Crippen LogP contribution in [0.1, 0.15) is 19.4 Å². The van der Waals surface area contributed by atoms with E-state index in [4.69, 9.17) is 9.84 Å². The topological polar surface area (TPSA) is 67.8 Å². The minimum absolute atomic E-state index is 0.0933. The van der Waals surface area contributed by atoms with Crippen LogP contribution >= 0.6 is 15.9 Å². The van der Waals surface area contributed by atoms with Gasteiger partial charge in [0.25, 0.3) is 0 Å². The summed E-state index contributed by atoms with van der Waals surface area (Å²) < 4.78 is 34.5. The lowest BCUT2D eigenvalue weighted by molar-refractivity contribution is -0.140. The Morgan fingerprint density at radius 1 is 1.41 bits per heavy atom. The Morgan fingerprint density at radius 2 is 2.05 bits per heavy atom. The third-order valence-corrected chi connectivity index (χ3v) is 3.54. The summed E-state index contributed by atoms with van der Waals surface area (Å²) in [7, 11) is 1.34. The standard InChI is InChI=1S/C14H18BrF2NO4/c1-7(2)11(13(19)20)18-6-8-4-9(15)12(22-14(16)17)10(5-8)21-3/h4-5,7,11,14,18H,6H2,1-3H3,(H,19,20)/t11-/m0/s1. The van der Waals surface area contributed by atoms with Crippen LogP contribution in [-0.4, -0.2) is 30.8 Å². The van der Waals surface area contributed by atoms with Gasteiger partial charge in [0.2, 0.25) is 0 Å². The SMILES string of the molecule is COc1cc(CN[C@H](C(=O)O)C(C)C)cc(Br)c1OC(F)F. The Bertz CT molecular complexity index is 526. The van der Waals surface area contributed by atoms with E-state index in [1.165, 1.54) is 13.2 Å². The molecule has 0 aliphatic heterocycles. The molecule has 0 radical (unpaired) electrons. The molecule has 1 atom stereocenters. The second-order valence-corrected chi connectivity index (χ2v) is 5.78. The number of hydrogen-bond acceptors (Lipinski definition) is 4. The Hall–Kier alpha value is -1.41. The molecule has 0 spiro atoms. The fourth-order valence-electron chi connectivity index (χ4n) is 1.91. The summed E-state index contributed by atoms with van der Waals surface area (Å²) >= 11 is 3.15. The van der Waals surface area contributed by atoms with Crippen molar-refractivity contribution in [2.45, 2.75) is 33.0 Å². The predicted octanol–water partition coefficient (Wildman–Crippen LogP) is 3.26. The van der Waals surface area contributed by atoms with Gasteiger partial charge in [0.1, 0.15) is 6.04 Å². The average molecular weight is 382 g/mol. The Labute approximate surface area is 135 Å². The van der Waals surface area contributed by atoms with Gasteiger partial charge in [-0.2, -0.15) is 8.78 Å². The van der Waals surface area contributed by atoms with Crippen molar-refractivity contribution in [3.63, 3.8) is 0 Å². The molecule has 0 amide bonds. The number of aliphatic carboxylic acids is 1. The van der Waals surface area contributed by atoms with Crippen molar-refractivity contribution in [3.05, 3.63) is 22.2 Å². The van der Waals surface area contributed by atoms with Crippen LogP contribution in [0.2, 0.25) is 0 Å². The molecular weight excluding hydrogens is 364 g/mol. The Kier molecular flexibility index (Phi) is 7.02. The van der Waals surface area contributed by atoms with Gasteiger partial charge in [-0.25, -0.2) is 0 Å². The fraction of sp³-hybridized carbons (Fsp3) is 0.500. The van der Waals surface area contributed by atoms with Crippen molar-refractivity contribution in [1.29, 1.82) is 0 Å². The minimum Gasteiger partial charge on any atom is -0.493 e. The molecule has 0 aliphatic rings. The molecule has 1 rings (SSSR count). The summed E-state index contributed by atoms with van der Waals surface area (Å²) in [5, 5.41) is 12.0. The first-order chi connectivity index (χ1) is 10.3. The number of methoxy groups -OCH3 is 1. The van der Waals surface area contributed by atoms with Gasteiger partial charge in [-0.15, -0.1) is 0 Å². The van der Waals surface area contributed by atoms with Crippen LogP contribution in [0.15, 0.2) is 16.6 Å². The van der Waals surface area contributed by atoms with Crippen molar-refractivity contribution >= 4 is 21.9 Å². The van der Waals surface area contributed by atoms with E-state index in [2.05, 4.69) is 26.0 Å². The van der Waals surface area contributed by atoms with Crippen molar-refractivity contribution < 1.29 is 28.2 Å². The fourth-order valence-corrected chi connectivity index (χ4v) is 2.50. The van der Waals surface area contributed by atoms with E-state index in [9.17, 15) is 13.6 Å². The zero-order chi connectivity index (χ0) is 16.9. The number of carbonyl (C=O) groups is 1. The van der Waals surface area contributed by atoms with Gasteiger partial charge >= 0.3 is 12.6 Å². The molecular formula is C14H18BrF2NO4. The van der Waals surface area contributed by atoms with Crippen LogP contribution in [0, 0.1) is 5.92 Å². The lowest BCUT2D eigenvalue weighted by atomic mass is 10.0. The second-order valence-electron chi connectivity index (χ2n) is 4.93. The molecule has 2 N–H and O–H groups in total. The zero-order valence-electron chi connectivity index (χ0n) is 12.4. The molecule has 0 aliphatic carbocycles. The summed E-state index contributed by atoms with van der Waals surface area (Å²) in [6.45, 7) is 0.870. The van der Waals surface area contributed by atoms with Crippen molar-refractivity contribution in [1.82, 2.24) is 5.32 Å². The number of benzene rings is 1. The van der Waals surface area contributed by atoms with Crippen LogP contribution in [0.5, 0.6) is 11.5 Å². The molecule has 0 heterocycles. The Balaban J connectivity index is 2.93. The number of halogens is 3. The third kappa shape index (κ3) is 5.10. The molecule has 0 saturated heterocycles. The number of ether oxygens (including phenoxy) is 2. The lowest BCUT2D eigenvalue weighted by Crippen LogP contribution is -2.40. The van der Waals surface area contributed by atoms with E-state index >= 15 is 0 Å². The highest BCUT2D eigenvalue weighted by atomic mass is 79.9. The summed E-state index contributed by atoms with van der Waals surface area (Å²) in [6, 6.07) is 2.39. The Morgan fingerprint density at radius 3 is 2.50 bits per heavy atom. The van der Waals surface area contributed by atoms with E-state index < -0.39 is 18.6 Å². The van der Waals surface area contributed by atoms with Gasteiger partial charge in [0, 0.05) is 6.54 Å². The first kappa shape index (κ1) is 18.6. The molecule has 124 valence electrons. The molecule has 0 aromatic heterocycles. The molecule has 0 saturated carbocycles. The average Bonchev–Trinajstić information content (AvgIpc) is 2.40. The number of alkyl halides is 2. The van der Waals surface area contributed by atoms with Crippen LogP contribution in [-0.2, 0) is 11.3 Å². The highest BCUT2D eigenvalue weighted by Crippen LogP contribution is 2.37. The normalized spacial score (nSPS) is 12.5. The molecule has 22 heavy (non-hydrogen) atoms. The third-order valence-electron chi connectivity index (χ3n) is 2.95. The second kappa shape index (κ2) is 8.28. The summed E-state index contributed by atoms with van der Waals surface area (Å²) in [6.07, 6.45) is 0. The summed E-state index contributed by atoms with van der Waals surface area (Å²) in [5.74, 6) is -0.995. The lowest BCUT2D eigenvalue weighted by Gasteiger charge is -2.19. The van der Waals surface area contributed by atoms with Gasteiger partial charge in [-0.1, -0.05) is 13.8 Å². The summed E-state index contributed by atoms with van der Waals surface area (Å²) in [4.78, 5) is 11.1. The number of carboxylic acid groups (broad SMARTS) is 1. The first-order valence-electron chi connectivity index (χ1n) is 6.53. The number of nitrogens with one attached hydrogen (secondary N) is 1. The maximum Gasteiger partial charge on any atom is 0.387 e. The van der Waals surface area contributed by atoms with Crippen LogP contribution in [0.25, 0.3) is 0 Å². The van der Waals surface area contributed by atoms with E-state index in [-0.39, 0.29) is 24.0 Å². The molecule has 1 aromatic carbocycles. The van der Waals surface area contributed by atoms with Crippen LogP contribution in [0.4, 0.5) is 8.78 Å². The molecule has 8 heteroatoms. The largest absolute Gasteiger partial charge is 0.493 e. The van der Waals surface area contributed by atoms with Gasteiger partial charge in [-0.05, 0) is 39.5 Å².